The van der Waals surface area contributed by atoms with Crippen LogP contribution < -0.4 is 4.74 Å². The second kappa shape index (κ2) is 6.68. The molecule has 0 unspecified atom stereocenters. The van der Waals surface area contributed by atoms with E-state index in [0.29, 0.717) is 29.0 Å². The quantitative estimate of drug-likeness (QED) is 0.759. The predicted octanol–water partition coefficient (Wildman–Crippen LogP) is 3.30. The van der Waals surface area contributed by atoms with Crippen LogP contribution in [0.4, 0.5) is 13.2 Å². The van der Waals surface area contributed by atoms with Gasteiger partial charge in [-0.05, 0) is 41.8 Å². The molecule has 1 aliphatic heterocycles. The molecular formula is C19H17F3N2O3. The lowest BCUT2D eigenvalue weighted by Gasteiger charge is -2.10. The molecule has 2 aliphatic rings. The molecule has 0 N–H and O–H groups in total. The average molecular weight is 378 g/mol. The number of halogens is 3. The maximum Gasteiger partial charge on any atom is 0.573 e. The molecule has 0 fully saturated rings. The van der Waals surface area contributed by atoms with Crippen molar-refractivity contribution in [2.45, 2.75) is 26.1 Å². The van der Waals surface area contributed by atoms with Gasteiger partial charge < -0.3 is 9.64 Å². The Morgan fingerprint density at radius 1 is 1.26 bits per heavy atom. The number of Topliss-reactive ketones (excluding diaryl/α,β-unsaturated/α-hetero) is 1. The molecule has 142 valence electrons. The van der Waals surface area contributed by atoms with Crippen LogP contribution in [0.25, 0.3) is 5.57 Å². The number of nitrogens with zero attached hydrogens (tertiary/aromatic N) is 2. The summed E-state index contributed by atoms with van der Waals surface area (Å²) in [6.45, 7) is 1.78. The van der Waals surface area contributed by atoms with Gasteiger partial charge in [-0.1, -0.05) is 6.07 Å². The SMILES string of the molecule is CC1=C(C(=O)N(C)C)N=C(/C=C2\C(=O)Cc3ccc(OC(F)(F)F)cc32)C1. The van der Waals surface area contributed by atoms with E-state index >= 15 is 0 Å². The normalized spacial score (nSPS) is 18.1. The number of hydrogen-bond acceptors (Lipinski definition) is 4. The highest BCUT2D eigenvalue weighted by Crippen LogP contribution is 2.35. The van der Waals surface area contributed by atoms with E-state index in [1.165, 1.54) is 23.1 Å². The number of alkyl halides is 3. The third kappa shape index (κ3) is 3.94. The van der Waals surface area contributed by atoms with Gasteiger partial charge in [0.25, 0.3) is 5.91 Å². The third-order valence-corrected chi connectivity index (χ3v) is 4.28. The van der Waals surface area contributed by atoms with E-state index in [-0.39, 0.29) is 29.4 Å². The molecule has 1 aromatic rings. The van der Waals surface area contributed by atoms with E-state index in [2.05, 4.69) is 9.73 Å². The summed E-state index contributed by atoms with van der Waals surface area (Å²) in [4.78, 5) is 30.2. The van der Waals surface area contributed by atoms with Crippen LogP contribution in [-0.4, -0.2) is 42.8 Å². The molecule has 3 rings (SSSR count). The van der Waals surface area contributed by atoms with Crippen LogP contribution >= 0.6 is 0 Å². The Labute approximate surface area is 153 Å². The van der Waals surface area contributed by atoms with E-state index in [0.717, 1.165) is 5.57 Å². The maximum atomic E-state index is 12.5. The van der Waals surface area contributed by atoms with Gasteiger partial charge in [0.2, 0.25) is 0 Å². The van der Waals surface area contributed by atoms with E-state index in [9.17, 15) is 22.8 Å². The summed E-state index contributed by atoms with van der Waals surface area (Å²) in [5.74, 6) is -0.824. The molecule has 0 radical (unpaired) electrons. The van der Waals surface area contributed by atoms with Crippen LogP contribution in [0, 0.1) is 0 Å². The Morgan fingerprint density at radius 3 is 2.59 bits per heavy atom. The van der Waals surface area contributed by atoms with Crippen molar-refractivity contribution in [3.8, 4) is 5.75 Å². The zero-order chi connectivity index (χ0) is 19.9. The number of ether oxygens (including phenoxy) is 1. The number of rotatable bonds is 3. The number of hydrogen-bond donors (Lipinski definition) is 0. The molecule has 8 heteroatoms. The number of ketones is 1. The number of likely N-dealkylation sites (N-methyl/N-ethyl adjacent to an activating group) is 1. The monoisotopic (exact) mass is 378 g/mol. The fraction of sp³-hybridized carbons (Fsp3) is 0.316. The molecule has 0 bridgehead atoms. The molecule has 1 amide bonds. The van der Waals surface area contributed by atoms with Crippen molar-refractivity contribution in [1.82, 2.24) is 4.90 Å². The molecule has 1 aromatic carbocycles. The van der Waals surface area contributed by atoms with Gasteiger partial charge in [-0.2, -0.15) is 0 Å². The van der Waals surface area contributed by atoms with Gasteiger partial charge in [-0.3, -0.25) is 9.59 Å². The van der Waals surface area contributed by atoms with Crippen molar-refractivity contribution < 1.29 is 27.5 Å². The van der Waals surface area contributed by atoms with E-state index < -0.39 is 6.36 Å². The zero-order valence-electron chi connectivity index (χ0n) is 15.0. The minimum absolute atomic E-state index is 0.108. The number of carbonyl (C=O) groups excluding carboxylic acids is 2. The van der Waals surface area contributed by atoms with Crippen LogP contribution in [0.15, 0.2) is 40.5 Å². The van der Waals surface area contributed by atoms with Crippen molar-refractivity contribution in [3.05, 3.63) is 46.7 Å². The Hall–Kier alpha value is -2.90. The second-order valence-corrected chi connectivity index (χ2v) is 6.63. The molecule has 1 heterocycles. The topological polar surface area (TPSA) is 59.0 Å². The Kier molecular flexibility index (Phi) is 4.67. The van der Waals surface area contributed by atoms with Gasteiger partial charge in [0.1, 0.15) is 11.4 Å². The summed E-state index contributed by atoms with van der Waals surface area (Å²) in [7, 11) is 3.24. The lowest BCUT2D eigenvalue weighted by Crippen LogP contribution is -2.22. The molecule has 1 aliphatic carbocycles. The summed E-state index contributed by atoms with van der Waals surface area (Å²) >= 11 is 0. The number of aliphatic imine (C=N–C) groups is 1. The van der Waals surface area contributed by atoms with Crippen LogP contribution in [0.5, 0.6) is 5.75 Å². The molecule has 0 saturated heterocycles. The number of benzene rings is 1. The number of amides is 1. The fourth-order valence-corrected chi connectivity index (χ4v) is 3.06. The standard InChI is InChI=1S/C19H17F3N2O3/c1-10-6-12(23-17(10)18(26)24(2)3)8-15-14-9-13(27-19(20,21)22)5-4-11(14)7-16(15)25/h4-5,8-9H,6-7H2,1-3H3/b15-8-. The van der Waals surface area contributed by atoms with Gasteiger partial charge in [0.05, 0.1) is 0 Å². The third-order valence-electron chi connectivity index (χ3n) is 4.28. The summed E-state index contributed by atoms with van der Waals surface area (Å²) < 4.78 is 41.3. The minimum Gasteiger partial charge on any atom is -0.406 e. The summed E-state index contributed by atoms with van der Waals surface area (Å²) in [5.41, 5.74) is 2.94. The van der Waals surface area contributed by atoms with Crippen molar-refractivity contribution in [1.29, 1.82) is 0 Å². The summed E-state index contributed by atoms with van der Waals surface area (Å²) in [6, 6.07) is 3.85. The van der Waals surface area contributed by atoms with E-state index in [4.69, 9.17) is 0 Å². The van der Waals surface area contributed by atoms with Gasteiger partial charge in [-0.15, -0.1) is 13.2 Å². The molecular weight excluding hydrogens is 361 g/mol. The lowest BCUT2D eigenvalue weighted by atomic mass is 10.0. The first kappa shape index (κ1) is 18.9. The fourth-order valence-electron chi connectivity index (χ4n) is 3.06. The van der Waals surface area contributed by atoms with Crippen LogP contribution in [-0.2, 0) is 16.0 Å². The van der Waals surface area contributed by atoms with Gasteiger partial charge in [0.15, 0.2) is 5.78 Å². The highest BCUT2D eigenvalue weighted by Gasteiger charge is 2.33. The molecule has 27 heavy (non-hydrogen) atoms. The Bertz CT molecular complexity index is 925. The molecule has 0 spiro atoms. The molecule has 5 nitrogen and oxygen atoms in total. The van der Waals surface area contributed by atoms with Crippen molar-refractivity contribution in [2.24, 2.45) is 4.99 Å². The van der Waals surface area contributed by atoms with Gasteiger partial charge >= 0.3 is 6.36 Å². The summed E-state index contributed by atoms with van der Waals surface area (Å²) in [5, 5.41) is 0. The highest BCUT2D eigenvalue weighted by atomic mass is 19.4. The van der Waals surface area contributed by atoms with E-state index in [1.54, 1.807) is 27.1 Å². The van der Waals surface area contributed by atoms with E-state index in [1.807, 2.05) is 0 Å². The number of carbonyl (C=O) groups is 2. The molecule has 0 atom stereocenters. The Balaban J connectivity index is 1.93. The average Bonchev–Trinajstić information content (AvgIpc) is 3.06. The summed E-state index contributed by atoms with van der Waals surface area (Å²) in [6.07, 6.45) is -2.75. The first-order chi connectivity index (χ1) is 12.5. The Morgan fingerprint density at radius 2 is 1.96 bits per heavy atom. The first-order valence-corrected chi connectivity index (χ1v) is 8.18. The number of fused-ring (bicyclic) bond motifs is 1. The zero-order valence-corrected chi connectivity index (χ0v) is 15.0. The molecule has 0 aromatic heterocycles. The van der Waals surface area contributed by atoms with Gasteiger partial charge in [-0.25, -0.2) is 4.99 Å². The smallest absolute Gasteiger partial charge is 0.406 e. The van der Waals surface area contributed by atoms with Crippen molar-refractivity contribution in [2.75, 3.05) is 14.1 Å². The lowest BCUT2D eigenvalue weighted by molar-refractivity contribution is -0.274. The maximum absolute atomic E-state index is 12.5. The first-order valence-electron chi connectivity index (χ1n) is 8.18. The number of allylic oxidation sites excluding steroid dienone is 3. The van der Waals surface area contributed by atoms with Crippen molar-refractivity contribution in [3.63, 3.8) is 0 Å². The van der Waals surface area contributed by atoms with Crippen molar-refractivity contribution >= 4 is 23.0 Å². The van der Waals surface area contributed by atoms with Gasteiger partial charge in [0, 0.05) is 38.2 Å². The van der Waals surface area contributed by atoms with Crippen LogP contribution in [0.3, 0.4) is 0 Å². The highest BCUT2D eigenvalue weighted by molar-refractivity contribution is 6.29. The van der Waals surface area contributed by atoms with Crippen LogP contribution in [0.1, 0.15) is 24.5 Å². The predicted molar refractivity (Wildman–Crippen MR) is 93.3 cm³/mol. The largest absolute Gasteiger partial charge is 0.573 e. The second-order valence-electron chi connectivity index (χ2n) is 6.63. The van der Waals surface area contributed by atoms with Crippen LogP contribution in [0.2, 0.25) is 0 Å². The minimum atomic E-state index is -4.81. The molecule has 0 saturated carbocycles.